The third kappa shape index (κ3) is 2.93. The number of nitrogens with zero attached hydrogens (tertiary/aromatic N) is 2. The molecule has 21 heavy (non-hydrogen) atoms. The van der Waals surface area contributed by atoms with Gasteiger partial charge in [-0.15, -0.1) is 0 Å². The summed E-state index contributed by atoms with van der Waals surface area (Å²) in [6, 6.07) is 8.15. The fourth-order valence-electron chi connectivity index (χ4n) is 2.84. The van der Waals surface area contributed by atoms with Gasteiger partial charge >= 0.3 is 0 Å². The molecule has 0 aliphatic carbocycles. The molecule has 1 aromatic carbocycles. The lowest BCUT2D eigenvalue weighted by Crippen LogP contribution is -2.34. The van der Waals surface area contributed by atoms with Crippen LogP contribution in [0.2, 0.25) is 0 Å². The molecule has 2 heterocycles. The van der Waals surface area contributed by atoms with E-state index in [4.69, 9.17) is 4.74 Å². The average molecular weight is 287 g/mol. The summed E-state index contributed by atoms with van der Waals surface area (Å²) in [4.78, 5) is 12.2. The summed E-state index contributed by atoms with van der Waals surface area (Å²) in [5.41, 5.74) is 2.06. The Kier molecular flexibility index (Phi) is 4.20. The van der Waals surface area contributed by atoms with E-state index < -0.39 is 0 Å². The molecule has 1 aliphatic rings. The van der Waals surface area contributed by atoms with Crippen molar-refractivity contribution in [2.24, 2.45) is 5.92 Å². The summed E-state index contributed by atoms with van der Waals surface area (Å²) in [6.07, 6.45) is 1.63. The van der Waals surface area contributed by atoms with E-state index in [-0.39, 0.29) is 11.8 Å². The summed E-state index contributed by atoms with van der Waals surface area (Å²) in [5.74, 6) is 0.201. The molecule has 5 nitrogen and oxygen atoms in total. The average Bonchev–Trinajstić information content (AvgIpc) is 2.91. The molecule has 1 N–H and O–H groups in total. The van der Waals surface area contributed by atoms with Crippen LogP contribution in [0.3, 0.4) is 0 Å². The minimum atomic E-state index is 0.0817. The number of nitrogens with one attached hydrogen (secondary N) is 1. The Morgan fingerprint density at radius 3 is 2.90 bits per heavy atom. The first-order chi connectivity index (χ1) is 10.3. The van der Waals surface area contributed by atoms with E-state index in [1.165, 1.54) is 0 Å². The number of aryl methyl sites for hydroxylation is 1. The van der Waals surface area contributed by atoms with Gasteiger partial charge in [0.1, 0.15) is 0 Å². The van der Waals surface area contributed by atoms with Crippen LogP contribution in [0.4, 0.5) is 0 Å². The molecule has 1 aromatic heterocycles. The molecule has 0 bridgehead atoms. The highest BCUT2D eigenvalue weighted by atomic mass is 16.5. The van der Waals surface area contributed by atoms with E-state index in [1.807, 2.05) is 16.8 Å². The minimum absolute atomic E-state index is 0.0817. The second-order valence-electron chi connectivity index (χ2n) is 5.38. The van der Waals surface area contributed by atoms with Crippen LogP contribution in [0.1, 0.15) is 25.5 Å². The van der Waals surface area contributed by atoms with Gasteiger partial charge in [0.25, 0.3) is 0 Å². The van der Waals surface area contributed by atoms with Crippen molar-refractivity contribution in [1.82, 2.24) is 15.1 Å². The van der Waals surface area contributed by atoms with Crippen LogP contribution in [0.25, 0.3) is 10.9 Å². The lowest BCUT2D eigenvalue weighted by molar-refractivity contribution is -0.128. The van der Waals surface area contributed by atoms with Gasteiger partial charge in [-0.3, -0.25) is 9.48 Å². The molecule has 1 aliphatic heterocycles. The SMILES string of the molecule is CCn1nc(CNC(=O)C2CCOCC2)c2ccccc21. The van der Waals surface area contributed by atoms with Crippen LogP contribution in [0.15, 0.2) is 24.3 Å². The quantitative estimate of drug-likeness (QED) is 0.937. The van der Waals surface area contributed by atoms with Gasteiger partial charge in [0, 0.05) is 31.1 Å². The molecular weight excluding hydrogens is 266 g/mol. The number of benzene rings is 1. The maximum atomic E-state index is 12.2. The molecule has 0 atom stereocenters. The molecule has 3 rings (SSSR count). The topological polar surface area (TPSA) is 56.2 Å². The Bertz CT molecular complexity index is 629. The highest BCUT2D eigenvalue weighted by Crippen LogP contribution is 2.19. The van der Waals surface area contributed by atoms with Gasteiger partial charge in [-0.1, -0.05) is 18.2 Å². The summed E-state index contributed by atoms with van der Waals surface area (Å²) < 4.78 is 7.27. The van der Waals surface area contributed by atoms with E-state index in [2.05, 4.69) is 29.5 Å². The predicted molar refractivity (Wildman–Crippen MR) is 80.8 cm³/mol. The fraction of sp³-hybridized carbons (Fsp3) is 0.500. The van der Waals surface area contributed by atoms with Crippen LogP contribution in [0.5, 0.6) is 0 Å². The Labute approximate surface area is 124 Å². The molecule has 0 unspecified atom stereocenters. The fourth-order valence-corrected chi connectivity index (χ4v) is 2.84. The molecule has 112 valence electrons. The Balaban J connectivity index is 1.71. The zero-order chi connectivity index (χ0) is 14.7. The normalized spacial score (nSPS) is 16.2. The molecule has 1 fully saturated rings. The molecule has 5 heteroatoms. The largest absolute Gasteiger partial charge is 0.381 e. The van der Waals surface area contributed by atoms with Crippen molar-refractivity contribution in [2.75, 3.05) is 13.2 Å². The minimum Gasteiger partial charge on any atom is -0.381 e. The molecule has 0 saturated carbocycles. The van der Waals surface area contributed by atoms with Crippen LogP contribution in [0, 0.1) is 5.92 Å². The number of hydrogen-bond donors (Lipinski definition) is 1. The molecule has 1 amide bonds. The number of amides is 1. The zero-order valence-electron chi connectivity index (χ0n) is 12.3. The van der Waals surface area contributed by atoms with Gasteiger partial charge in [0.2, 0.25) is 5.91 Å². The van der Waals surface area contributed by atoms with E-state index in [0.29, 0.717) is 19.8 Å². The van der Waals surface area contributed by atoms with Crippen molar-refractivity contribution in [1.29, 1.82) is 0 Å². The van der Waals surface area contributed by atoms with E-state index in [0.717, 1.165) is 36.0 Å². The lowest BCUT2D eigenvalue weighted by Gasteiger charge is -2.20. The van der Waals surface area contributed by atoms with Crippen LogP contribution in [-0.4, -0.2) is 28.9 Å². The van der Waals surface area contributed by atoms with Crippen molar-refractivity contribution >= 4 is 16.8 Å². The maximum absolute atomic E-state index is 12.2. The first-order valence-electron chi connectivity index (χ1n) is 7.59. The smallest absolute Gasteiger partial charge is 0.223 e. The number of rotatable bonds is 4. The summed E-state index contributed by atoms with van der Waals surface area (Å²) in [6.45, 7) is 4.76. The summed E-state index contributed by atoms with van der Waals surface area (Å²) >= 11 is 0. The van der Waals surface area contributed by atoms with Gasteiger partial charge < -0.3 is 10.1 Å². The number of aromatic nitrogens is 2. The second kappa shape index (κ2) is 6.26. The van der Waals surface area contributed by atoms with Crippen molar-refractivity contribution in [3.8, 4) is 0 Å². The highest BCUT2D eigenvalue weighted by molar-refractivity contribution is 5.83. The van der Waals surface area contributed by atoms with Gasteiger partial charge in [0.15, 0.2) is 0 Å². The van der Waals surface area contributed by atoms with Crippen molar-refractivity contribution in [2.45, 2.75) is 32.9 Å². The number of para-hydroxylation sites is 1. The Morgan fingerprint density at radius 1 is 1.38 bits per heavy atom. The van der Waals surface area contributed by atoms with Gasteiger partial charge in [-0.25, -0.2) is 0 Å². The maximum Gasteiger partial charge on any atom is 0.223 e. The van der Waals surface area contributed by atoms with Gasteiger partial charge in [-0.2, -0.15) is 5.10 Å². The lowest BCUT2D eigenvalue weighted by atomic mass is 9.99. The van der Waals surface area contributed by atoms with Crippen LogP contribution in [-0.2, 0) is 22.6 Å². The van der Waals surface area contributed by atoms with Crippen molar-refractivity contribution in [3.63, 3.8) is 0 Å². The zero-order valence-corrected chi connectivity index (χ0v) is 12.3. The third-order valence-electron chi connectivity index (χ3n) is 4.06. The number of ether oxygens (including phenoxy) is 1. The molecular formula is C16H21N3O2. The Hall–Kier alpha value is -1.88. The molecule has 0 radical (unpaired) electrons. The monoisotopic (exact) mass is 287 g/mol. The van der Waals surface area contributed by atoms with Gasteiger partial charge in [0.05, 0.1) is 17.8 Å². The van der Waals surface area contributed by atoms with Crippen molar-refractivity contribution < 1.29 is 9.53 Å². The van der Waals surface area contributed by atoms with E-state index in [9.17, 15) is 4.79 Å². The van der Waals surface area contributed by atoms with E-state index >= 15 is 0 Å². The molecule has 0 spiro atoms. The van der Waals surface area contributed by atoms with Gasteiger partial charge in [-0.05, 0) is 25.8 Å². The number of carbonyl (C=O) groups is 1. The first kappa shape index (κ1) is 14.1. The van der Waals surface area contributed by atoms with Crippen LogP contribution < -0.4 is 5.32 Å². The molecule has 1 saturated heterocycles. The second-order valence-corrected chi connectivity index (χ2v) is 5.38. The molecule has 2 aromatic rings. The predicted octanol–water partition coefficient (Wildman–Crippen LogP) is 2.10. The van der Waals surface area contributed by atoms with Crippen LogP contribution >= 0.6 is 0 Å². The van der Waals surface area contributed by atoms with E-state index in [1.54, 1.807) is 0 Å². The number of hydrogen-bond acceptors (Lipinski definition) is 3. The highest BCUT2D eigenvalue weighted by Gasteiger charge is 2.21. The summed E-state index contributed by atoms with van der Waals surface area (Å²) in [7, 11) is 0. The third-order valence-corrected chi connectivity index (χ3v) is 4.06. The first-order valence-corrected chi connectivity index (χ1v) is 7.59. The van der Waals surface area contributed by atoms with Crippen molar-refractivity contribution in [3.05, 3.63) is 30.0 Å². The number of fused-ring (bicyclic) bond motifs is 1. The number of carbonyl (C=O) groups excluding carboxylic acids is 1. The Morgan fingerprint density at radius 2 is 2.14 bits per heavy atom. The summed E-state index contributed by atoms with van der Waals surface area (Å²) in [5, 5.41) is 8.75. The standard InChI is InChI=1S/C16H21N3O2/c1-2-19-15-6-4-3-5-13(15)14(18-19)11-17-16(20)12-7-9-21-10-8-12/h3-6,12H,2,7-11H2,1H3,(H,17,20).